The second-order valence-corrected chi connectivity index (χ2v) is 7.08. The molecule has 0 saturated heterocycles. The van der Waals surface area contributed by atoms with Gasteiger partial charge in [0.2, 0.25) is 0 Å². The van der Waals surface area contributed by atoms with Crippen LogP contribution >= 0.6 is 0 Å². The molecule has 0 bridgehead atoms. The smallest absolute Gasteiger partial charge is 0.323 e. The zero-order chi connectivity index (χ0) is 20.9. The number of carbonyl (C=O) groups is 1. The van der Waals surface area contributed by atoms with Gasteiger partial charge in [-0.05, 0) is 43.2 Å². The Kier molecular flexibility index (Phi) is 5.75. The number of carboxylic acids is 1. The van der Waals surface area contributed by atoms with E-state index in [1.165, 1.54) is 0 Å². The molecule has 154 valence electrons. The molecule has 4 rings (SSSR count). The van der Waals surface area contributed by atoms with E-state index in [9.17, 15) is 15.0 Å². The minimum atomic E-state index is -0.879. The van der Waals surface area contributed by atoms with E-state index in [1.54, 1.807) is 18.2 Å². The minimum absolute atomic E-state index is 0.0974. The van der Waals surface area contributed by atoms with Crippen LogP contribution in [0.15, 0.2) is 66.7 Å². The summed E-state index contributed by atoms with van der Waals surface area (Å²) in [4.78, 5) is 11.4. The summed E-state index contributed by atoms with van der Waals surface area (Å²) in [6.45, 7) is 0.979. The number of para-hydroxylation sites is 1. The molecule has 0 radical (unpaired) electrons. The van der Waals surface area contributed by atoms with Crippen molar-refractivity contribution >= 4 is 27.8 Å². The summed E-state index contributed by atoms with van der Waals surface area (Å²) in [5.41, 5.74) is 1.75. The Morgan fingerprint density at radius 3 is 2.23 bits per heavy atom. The van der Waals surface area contributed by atoms with Gasteiger partial charge in [0.1, 0.15) is 23.8 Å². The SMILES string of the molecule is O=C(O)Cn1c2ccccc2c2ccc(OCCCCOc3cccc(O)c3)cc21. The van der Waals surface area contributed by atoms with E-state index < -0.39 is 5.97 Å². The second-order valence-electron chi connectivity index (χ2n) is 7.08. The van der Waals surface area contributed by atoms with Crippen molar-refractivity contribution in [1.82, 2.24) is 4.57 Å². The Balaban J connectivity index is 1.39. The molecule has 0 unspecified atom stereocenters. The third-order valence-corrected chi connectivity index (χ3v) is 4.93. The number of aliphatic carboxylic acids is 1. The molecule has 0 atom stereocenters. The monoisotopic (exact) mass is 405 g/mol. The lowest BCUT2D eigenvalue weighted by molar-refractivity contribution is -0.137. The molecule has 0 fully saturated rings. The van der Waals surface area contributed by atoms with Gasteiger partial charge < -0.3 is 24.3 Å². The molecule has 2 N–H and O–H groups in total. The average Bonchev–Trinajstić information content (AvgIpc) is 3.03. The molecule has 6 heteroatoms. The van der Waals surface area contributed by atoms with Gasteiger partial charge in [0.15, 0.2) is 0 Å². The zero-order valence-electron chi connectivity index (χ0n) is 16.5. The predicted octanol–water partition coefficient (Wildman–Crippen LogP) is 4.82. The Labute approximate surface area is 173 Å². The molecule has 0 aliphatic heterocycles. The molecule has 0 aliphatic carbocycles. The van der Waals surface area contributed by atoms with Crippen molar-refractivity contribution in [3.8, 4) is 17.2 Å². The number of phenolic OH excluding ortho intramolecular Hbond substituents is 1. The summed E-state index contributed by atoms with van der Waals surface area (Å²) in [7, 11) is 0. The Bertz CT molecular complexity index is 1180. The van der Waals surface area contributed by atoms with Gasteiger partial charge in [0.25, 0.3) is 0 Å². The lowest BCUT2D eigenvalue weighted by Crippen LogP contribution is -2.08. The first-order chi connectivity index (χ1) is 14.6. The number of rotatable bonds is 9. The molecule has 0 spiro atoms. The first-order valence-corrected chi connectivity index (χ1v) is 9.89. The van der Waals surface area contributed by atoms with Gasteiger partial charge in [-0.25, -0.2) is 0 Å². The van der Waals surface area contributed by atoms with Crippen LogP contribution in [0.4, 0.5) is 0 Å². The fourth-order valence-corrected chi connectivity index (χ4v) is 3.58. The fourth-order valence-electron chi connectivity index (χ4n) is 3.58. The molecule has 4 aromatic rings. The van der Waals surface area contributed by atoms with Crippen molar-refractivity contribution in [2.45, 2.75) is 19.4 Å². The first-order valence-electron chi connectivity index (χ1n) is 9.89. The third-order valence-electron chi connectivity index (χ3n) is 4.93. The first kappa shape index (κ1) is 19.6. The molecule has 1 aromatic heterocycles. The van der Waals surface area contributed by atoms with Crippen LogP contribution in [0.3, 0.4) is 0 Å². The lowest BCUT2D eigenvalue weighted by Gasteiger charge is -2.09. The maximum atomic E-state index is 11.4. The number of hydrogen-bond donors (Lipinski definition) is 2. The summed E-state index contributed by atoms with van der Waals surface area (Å²) >= 11 is 0. The summed E-state index contributed by atoms with van der Waals surface area (Å²) < 4.78 is 13.3. The summed E-state index contributed by atoms with van der Waals surface area (Å²) in [5.74, 6) is 0.667. The van der Waals surface area contributed by atoms with Crippen molar-refractivity contribution in [3.05, 3.63) is 66.7 Å². The van der Waals surface area contributed by atoms with Crippen LogP contribution in [-0.2, 0) is 11.3 Å². The van der Waals surface area contributed by atoms with Crippen LogP contribution in [0, 0.1) is 0 Å². The van der Waals surface area contributed by atoms with Crippen LogP contribution in [0.1, 0.15) is 12.8 Å². The van der Waals surface area contributed by atoms with Gasteiger partial charge >= 0.3 is 5.97 Å². The third kappa shape index (κ3) is 4.33. The van der Waals surface area contributed by atoms with Crippen molar-refractivity contribution in [2.75, 3.05) is 13.2 Å². The standard InChI is InChI=1S/C24H23NO5/c26-17-6-5-7-18(14-17)29-12-3-4-13-30-19-10-11-21-20-8-1-2-9-22(20)25(16-24(27)28)23(21)15-19/h1-2,5-11,14-15,26H,3-4,12-13,16H2,(H,27,28). The van der Waals surface area contributed by atoms with Crippen molar-refractivity contribution in [3.63, 3.8) is 0 Å². The molecule has 1 heterocycles. The molecular formula is C24H23NO5. The molecule has 3 aromatic carbocycles. The molecular weight excluding hydrogens is 382 g/mol. The van der Waals surface area contributed by atoms with Crippen molar-refractivity contribution in [1.29, 1.82) is 0 Å². The zero-order valence-corrected chi connectivity index (χ0v) is 16.5. The van der Waals surface area contributed by atoms with E-state index in [-0.39, 0.29) is 12.3 Å². The van der Waals surface area contributed by atoms with Gasteiger partial charge in [0.05, 0.1) is 18.7 Å². The lowest BCUT2D eigenvalue weighted by atomic mass is 10.1. The van der Waals surface area contributed by atoms with Crippen LogP contribution < -0.4 is 9.47 Å². The number of phenols is 1. The van der Waals surface area contributed by atoms with Gasteiger partial charge in [-0.2, -0.15) is 0 Å². The largest absolute Gasteiger partial charge is 0.508 e. The molecule has 0 amide bonds. The Morgan fingerprint density at radius 2 is 1.50 bits per heavy atom. The molecule has 30 heavy (non-hydrogen) atoms. The number of carboxylic acid groups (broad SMARTS) is 1. The highest BCUT2D eigenvalue weighted by atomic mass is 16.5. The molecule has 6 nitrogen and oxygen atoms in total. The van der Waals surface area contributed by atoms with Gasteiger partial charge in [0, 0.05) is 28.4 Å². The van der Waals surface area contributed by atoms with E-state index in [1.807, 2.05) is 53.1 Å². The molecule has 0 aliphatic rings. The summed E-state index contributed by atoms with van der Waals surface area (Å²) in [6, 6.07) is 20.4. The quantitative estimate of drug-likeness (QED) is 0.390. The fraction of sp³-hybridized carbons (Fsp3) is 0.208. The van der Waals surface area contributed by atoms with E-state index in [2.05, 4.69) is 0 Å². The van der Waals surface area contributed by atoms with Crippen molar-refractivity contribution in [2.24, 2.45) is 0 Å². The number of ether oxygens (including phenoxy) is 2. The Hall–Kier alpha value is -3.67. The maximum Gasteiger partial charge on any atom is 0.323 e. The number of unbranched alkanes of at least 4 members (excludes halogenated alkanes) is 1. The van der Waals surface area contributed by atoms with Gasteiger partial charge in [-0.1, -0.05) is 24.3 Å². The number of aromatic hydroxyl groups is 1. The average molecular weight is 405 g/mol. The number of hydrogen-bond acceptors (Lipinski definition) is 4. The highest BCUT2D eigenvalue weighted by Gasteiger charge is 2.13. The summed E-state index contributed by atoms with van der Waals surface area (Å²) in [6.07, 6.45) is 1.63. The number of aromatic nitrogens is 1. The van der Waals surface area contributed by atoms with E-state index in [0.29, 0.717) is 24.7 Å². The molecule has 0 saturated carbocycles. The van der Waals surface area contributed by atoms with Gasteiger partial charge in [-0.3, -0.25) is 4.79 Å². The highest BCUT2D eigenvalue weighted by Crippen LogP contribution is 2.31. The Morgan fingerprint density at radius 1 is 0.800 bits per heavy atom. The maximum absolute atomic E-state index is 11.4. The second kappa shape index (κ2) is 8.78. The van der Waals surface area contributed by atoms with Crippen molar-refractivity contribution < 1.29 is 24.5 Å². The van der Waals surface area contributed by atoms with Crippen LogP contribution in [0.5, 0.6) is 17.2 Å². The van der Waals surface area contributed by atoms with Crippen LogP contribution in [0.25, 0.3) is 21.8 Å². The number of benzene rings is 3. The minimum Gasteiger partial charge on any atom is -0.508 e. The topological polar surface area (TPSA) is 80.9 Å². The van der Waals surface area contributed by atoms with E-state index in [4.69, 9.17) is 9.47 Å². The van der Waals surface area contributed by atoms with E-state index in [0.717, 1.165) is 34.6 Å². The predicted molar refractivity (Wildman–Crippen MR) is 115 cm³/mol. The van der Waals surface area contributed by atoms with Crippen LogP contribution in [-0.4, -0.2) is 34.0 Å². The number of nitrogens with zero attached hydrogens (tertiary/aromatic N) is 1. The van der Waals surface area contributed by atoms with E-state index >= 15 is 0 Å². The highest BCUT2D eigenvalue weighted by molar-refractivity contribution is 6.08. The summed E-state index contributed by atoms with van der Waals surface area (Å²) in [5, 5.41) is 20.8. The van der Waals surface area contributed by atoms with Gasteiger partial charge in [-0.15, -0.1) is 0 Å². The normalized spacial score (nSPS) is 11.1. The number of fused-ring (bicyclic) bond motifs is 3. The van der Waals surface area contributed by atoms with Crippen LogP contribution in [0.2, 0.25) is 0 Å².